The minimum absolute atomic E-state index is 0.0782. The van der Waals surface area contributed by atoms with E-state index in [9.17, 15) is 10.1 Å². The second kappa shape index (κ2) is 6.60. The summed E-state index contributed by atoms with van der Waals surface area (Å²) in [7, 11) is 0. The van der Waals surface area contributed by atoms with Gasteiger partial charge in [-0.1, -0.05) is 29.3 Å². The zero-order valence-corrected chi connectivity index (χ0v) is 13.5. The molecular weight excluding hydrogens is 341 g/mol. The highest BCUT2D eigenvalue weighted by atomic mass is 35.5. The molecule has 0 N–H and O–H groups in total. The van der Waals surface area contributed by atoms with Crippen LogP contribution in [-0.2, 0) is 0 Å². The zero-order valence-electron chi connectivity index (χ0n) is 12.0. The number of rotatable bonds is 4. The number of halogens is 2. The van der Waals surface area contributed by atoms with E-state index in [0.29, 0.717) is 29.7 Å². The number of anilines is 1. The molecule has 1 aromatic heterocycles. The van der Waals surface area contributed by atoms with E-state index in [1.807, 2.05) is 17.0 Å². The van der Waals surface area contributed by atoms with Gasteiger partial charge in [0.25, 0.3) is 0 Å². The van der Waals surface area contributed by atoms with Crippen molar-refractivity contribution < 1.29 is 9.66 Å². The Kier molecular flexibility index (Phi) is 4.54. The SMILES string of the molecule is O=[N+]([O-])c1cc(Cl)cnc1N1CCC(Oc2cccc(Cl)c2)C1. The summed E-state index contributed by atoms with van der Waals surface area (Å²) in [6, 6.07) is 8.48. The minimum Gasteiger partial charge on any atom is -0.488 e. The first-order valence-corrected chi connectivity index (χ1v) is 7.75. The molecule has 0 amide bonds. The predicted molar refractivity (Wildman–Crippen MR) is 88.6 cm³/mol. The molecule has 0 radical (unpaired) electrons. The van der Waals surface area contributed by atoms with Gasteiger partial charge in [0.2, 0.25) is 5.82 Å². The number of hydrogen-bond donors (Lipinski definition) is 0. The largest absolute Gasteiger partial charge is 0.488 e. The van der Waals surface area contributed by atoms with Gasteiger partial charge in [0, 0.05) is 30.3 Å². The van der Waals surface area contributed by atoms with Gasteiger partial charge in [0.05, 0.1) is 16.5 Å². The van der Waals surface area contributed by atoms with Crippen LogP contribution in [-0.4, -0.2) is 29.1 Å². The summed E-state index contributed by atoms with van der Waals surface area (Å²) >= 11 is 11.7. The van der Waals surface area contributed by atoms with Gasteiger partial charge in [-0.15, -0.1) is 0 Å². The third kappa shape index (κ3) is 3.65. The van der Waals surface area contributed by atoms with E-state index in [0.717, 1.165) is 6.42 Å². The molecular formula is C15H13Cl2N3O3. The molecule has 0 aliphatic carbocycles. The Morgan fingerprint density at radius 1 is 1.30 bits per heavy atom. The van der Waals surface area contributed by atoms with Crippen LogP contribution in [0, 0.1) is 10.1 Å². The number of nitro groups is 1. The van der Waals surface area contributed by atoms with Crippen molar-refractivity contribution in [1.29, 1.82) is 0 Å². The molecule has 120 valence electrons. The van der Waals surface area contributed by atoms with Crippen molar-refractivity contribution in [3.63, 3.8) is 0 Å². The van der Waals surface area contributed by atoms with Crippen LogP contribution in [0.3, 0.4) is 0 Å². The fraction of sp³-hybridized carbons (Fsp3) is 0.267. The molecule has 0 spiro atoms. The third-order valence-electron chi connectivity index (χ3n) is 3.55. The Morgan fingerprint density at radius 2 is 2.13 bits per heavy atom. The molecule has 2 aromatic rings. The van der Waals surface area contributed by atoms with Gasteiger partial charge in [-0.2, -0.15) is 0 Å². The quantitative estimate of drug-likeness (QED) is 0.614. The van der Waals surface area contributed by atoms with E-state index in [1.165, 1.54) is 12.3 Å². The molecule has 1 atom stereocenters. The van der Waals surface area contributed by atoms with E-state index in [2.05, 4.69) is 4.98 Å². The van der Waals surface area contributed by atoms with Gasteiger partial charge < -0.3 is 9.64 Å². The summed E-state index contributed by atoms with van der Waals surface area (Å²) < 4.78 is 5.88. The van der Waals surface area contributed by atoms with Gasteiger partial charge in [-0.3, -0.25) is 10.1 Å². The molecule has 1 fully saturated rings. The molecule has 1 unspecified atom stereocenters. The molecule has 3 rings (SSSR count). The highest BCUT2D eigenvalue weighted by Crippen LogP contribution is 2.31. The molecule has 23 heavy (non-hydrogen) atoms. The maximum atomic E-state index is 11.2. The summed E-state index contributed by atoms with van der Waals surface area (Å²) in [5.74, 6) is 1.000. The lowest BCUT2D eigenvalue weighted by Crippen LogP contribution is -2.25. The van der Waals surface area contributed by atoms with Gasteiger partial charge in [0.15, 0.2) is 0 Å². The maximum Gasteiger partial charge on any atom is 0.313 e. The van der Waals surface area contributed by atoms with E-state index < -0.39 is 4.92 Å². The average molecular weight is 354 g/mol. The van der Waals surface area contributed by atoms with Crippen LogP contribution in [0.15, 0.2) is 36.5 Å². The minimum atomic E-state index is -0.473. The van der Waals surface area contributed by atoms with Gasteiger partial charge in [0.1, 0.15) is 11.9 Å². The Hall–Kier alpha value is -2.05. The number of pyridine rings is 1. The Morgan fingerprint density at radius 3 is 2.87 bits per heavy atom. The van der Waals surface area contributed by atoms with E-state index in [1.54, 1.807) is 12.1 Å². The predicted octanol–water partition coefficient (Wildman–Crippen LogP) is 3.95. The van der Waals surface area contributed by atoms with Crippen LogP contribution in [0.25, 0.3) is 0 Å². The van der Waals surface area contributed by atoms with Crippen LogP contribution < -0.4 is 9.64 Å². The summed E-state index contributed by atoms with van der Waals surface area (Å²) in [6.07, 6.45) is 2.08. The van der Waals surface area contributed by atoms with Gasteiger partial charge >= 0.3 is 5.69 Å². The maximum absolute atomic E-state index is 11.2. The van der Waals surface area contributed by atoms with E-state index in [-0.39, 0.29) is 16.8 Å². The van der Waals surface area contributed by atoms with Crippen LogP contribution in [0.2, 0.25) is 10.0 Å². The number of aromatic nitrogens is 1. The Labute approximate surface area is 142 Å². The van der Waals surface area contributed by atoms with Crippen molar-refractivity contribution in [1.82, 2.24) is 4.98 Å². The van der Waals surface area contributed by atoms with Gasteiger partial charge in [-0.05, 0) is 18.2 Å². The third-order valence-corrected chi connectivity index (χ3v) is 4.00. The fourth-order valence-corrected chi connectivity index (χ4v) is 2.88. The lowest BCUT2D eigenvalue weighted by atomic mass is 10.3. The first-order valence-electron chi connectivity index (χ1n) is 7.00. The summed E-state index contributed by atoms with van der Waals surface area (Å²) in [4.78, 5) is 16.7. The summed E-state index contributed by atoms with van der Waals surface area (Å²) in [6.45, 7) is 1.14. The van der Waals surface area contributed by atoms with Crippen molar-refractivity contribution >= 4 is 34.7 Å². The van der Waals surface area contributed by atoms with Crippen molar-refractivity contribution in [2.45, 2.75) is 12.5 Å². The van der Waals surface area contributed by atoms with E-state index in [4.69, 9.17) is 27.9 Å². The summed E-state index contributed by atoms with van der Waals surface area (Å²) in [5.41, 5.74) is -0.0964. The highest BCUT2D eigenvalue weighted by Gasteiger charge is 2.30. The fourth-order valence-electron chi connectivity index (χ4n) is 2.55. The Balaban J connectivity index is 1.74. The smallest absolute Gasteiger partial charge is 0.313 e. The first-order chi connectivity index (χ1) is 11.0. The molecule has 0 bridgehead atoms. The standard InChI is InChI=1S/C15H13Cl2N3O3/c16-10-2-1-3-12(6-10)23-13-4-5-19(9-13)15-14(20(21)22)7-11(17)8-18-15/h1-3,6-8,13H,4-5,9H2. The number of benzene rings is 1. The molecule has 8 heteroatoms. The molecule has 1 saturated heterocycles. The average Bonchev–Trinajstić information content (AvgIpc) is 2.95. The lowest BCUT2D eigenvalue weighted by Gasteiger charge is -2.18. The molecule has 1 aliphatic rings. The normalized spacial score (nSPS) is 17.3. The van der Waals surface area contributed by atoms with Gasteiger partial charge in [-0.25, -0.2) is 4.98 Å². The topological polar surface area (TPSA) is 68.5 Å². The van der Waals surface area contributed by atoms with Crippen LogP contribution in [0.5, 0.6) is 5.75 Å². The first kappa shape index (κ1) is 15.8. The zero-order chi connectivity index (χ0) is 16.4. The monoisotopic (exact) mass is 353 g/mol. The van der Waals surface area contributed by atoms with Crippen LogP contribution in [0.1, 0.15) is 6.42 Å². The molecule has 6 nitrogen and oxygen atoms in total. The molecule has 1 aliphatic heterocycles. The molecule has 1 aromatic carbocycles. The second-order valence-corrected chi connectivity index (χ2v) is 6.06. The number of nitrogens with zero attached hydrogens (tertiary/aromatic N) is 3. The van der Waals surface area contributed by atoms with Crippen LogP contribution in [0.4, 0.5) is 11.5 Å². The van der Waals surface area contributed by atoms with Crippen molar-refractivity contribution in [2.24, 2.45) is 0 Å². The van der Waals surface area contributed by atoms with Crippen LogP contribution >= 0.6 is 23.2 Å². The highest BCUT2D eigenvalue weighted by molar-refractivity contribution is 6.31. The second-order valence-electron chi connectivity index (χ2n) is 5.19. The molecule has 0 saturated carbocycles. The van der Waals surface area contributed by atoms with Crippen molar-refractivity contribution in [3.8, 4) is 5.75 Å². The summed E-state index contributed by atoms with van der Waals surface area (Å²) in [5, 5.41) is 12.0. The van der Waals surface area contributed by atoms with Crippen molar-refractivity contribution in [2.75, 3.05) is 18.0 Å². The lowest BCUT2D eigenvalue weighted by molar-refractivity contribution is -0.384. The molecule has 2 heterocycles. The van der Waals surface area contributed by atoms with Crippen molar-refractivity contribution in [3.05, 3.63) is 56.7 Å². The number of hydrogen-bond acceptors (Lipinski definition) is 5. The number of ether oxygens (including phenoxy) is 1. The Bertz CT molecular complexity index is 742. The van der Waals surface area contributed by atoms with E-state index >= 15 is 0 Å².